The highest BCUT2D eigenvalue weighted by Gasteiger charge is 2.14. The van der Waals surface area contributed by atoms with E-state index in [1.807, 2.05) is 13.8 Å². The second kappa shape index (κ2) is 8.46. The van der Waals surface area contributed by atoms with Crippen LogP contribution in [0.2, 0.25) is 0 Å². The second-order valence-electron chi connectivity index (χ2n) is 4.92. The molecule has 4 nitrogen and oxygen atoms in total. The Morgan fingerprint density at radius 3 is 2.71 bits per heavy atom. The minimum Gasteiger partial charge on any atom is -0.381 e. The number of nitrogens with one attached hydrogen (secondary N) is 1. The summed E-state index contributed by atoms with van der Waals surface area (Å²) in [6.45, 7) is 7.30. The summed E-state index contributed by atoms with van der Waals surface area (Å²) in [5, 5.41) is 12.1. The van der Waals surface area contributed by atoms with Gasteiger partial charge in [-0.3, -0.25) is 5.32 Å². The predicted octanol–water partition coefficient (Wildman–Crippen LogP) is 1.71. The van der Waals surface area contributed by atoms with Crippen LogP contribution in [-0.2, 0) is 9.47 Å². The van der Waals surface area contributed by atoms with Gasteiger partial charge in [0.25, 0.3) is 0 Å². The summed E-state index contributed by atoms with van der Waals surface area (Å²) in [5.41, 5.74) is 0. The van der Waals surface area contributed by atoms with Crippen LogP contribution in [0.25, 0.3) is 0 Å². The van der Waals surface area contributed by atoms with Crippen molar-refractivity contribution >= 4 is 0 Å². The molecule has 0 radical (unpaired) electrons. The van der Waals surface area contributed by atoms with Gasteiger partial charge in [0.15, 0.2) is 0 Å². The highest BCUT2D eigenvalue weighted by Crippen LogP contribution is 2.14. The fourth-order valence-electron chi connectivity index (χ4n) is 1.95. The zero-order valence-corrected chi connectivity index (χ0v) is 10.9. The zero-order chi connectivity index (χ0) is 12.5. The van der Waals surface area contributed by atoms with Crippen LogP contribution >= 0.6 is 0 Å². The van der Waals surface area contributed by atoms with Crippen molar-refractivity contribution in [1.29, 1.82) is 5.26 Å². The first kappa shape index (κ1) is 14.4. The van der Waals surface area contributed by atoms with Gasteiger partial charge in [0.1, 0.15) is 0 Å². The first-order chi connectivity index (χ1) is 8.22. The van der Waals surface area contributed by atoms with E-state index in [2.05, 4.69) is 11.4 Å². The Kier molecular flexibility index (Phi) is 7.18. The van der Waals surface area contributed by atoms with Crippen molar-refractivity contribution in [2.45, 2.75) is 45.2 Å². The van der Waals surface area contributed by atoms with Gasteiger partial charge >= 0.3 is 0 Å². The molecular formula is C13H24N2O2. The van der Waals surface area contributed by atoms with Crippen molar-refractivity contribution < 1.29 is 9.47 Å². The summed E-state index contributed by atoms with van der Waals surface area (Å²) < 4.78 is 10.9. The molecule has 1 N–H and O–H groups in total. The van der Waals surface area contributed by atoms with Gasteiger partial charge in [0.05, 0.1) is 12.1 Å². The molecule has 0 bridgehead atoms. The minimum absolute atomic E-state index is 0.0929. The summed E-state index contributed by atoms with van der Waals surface area (Å²) in [5.74, 6) is 0.641. The smallest absolute Gasteiger partial charge is 0.0976 e. The topological polar surface area (TPSA) is 54.3 Å². The van der Waals surface area contributed by atoms with Crippen molar-refractivity contribution in [2.75, 3.05) is 26.4 Å². The summed E-state index contributed by atoms with van der Waals surface area (Å²) >= 11 is 0. The van der Waals surface area contributed by atoms with E-state index in [0.29, 0.717) is 18.6 Å². The van der Waals surface area contributed by atoms with Crippen LogP contribution in [0.4, 0.5) is 0 Å². The van der Waals surface area contributed by atoms with Crippen molar-refractivity contribution in [3.63, 3.8) is 0 Å². The first-order valence-electron chi connectivity index (χ1n) is 6.53. The molecule has 1 atom stereocenters. The molecule has 98 valence electrons. The molecule has 1 fully saturated rings. The predicted molar refractivity (Wildman–Crippen MR) is 66.7 cm³/mol. The molecule has 0 aliphatic carbocycles. The number of hydrogen-bond acceptors (Lipinski definition) is 4. The van der Waals surface area contributed by atoms with E-state index in [9.17, 15) is 0 Å². The largest absolute Gasteiger partial charge is 0.381 e. The van der Waals surface area contributed by atoms with Crippen LogP contribution in [0.3, 0.4) is 0 Å². The zero-order valence-electron chi connectivity index (χ0n) is 10.9. The standard InChI is InChI=1S/C13H24N2O2/c1-11(2)15-13(9-14)5-8-17-10-12-3-6-16-7-4-12/h11-13,15H,3-8,10H2,1-2H3. The molecule has 4 heteroatoms. The Balaban J connectivity index is 2.04. The Labute approximate surface area is 104 Å². The molecule has 0 aromatic heterocycles. The molecule has 1 saturated heterocycles. The first-order valence-corrected chi connectivity index (χ1v) is 6.53. The molecule has 17 heavy (non-hydrogen) atoms. The van der Waals surface area contributed by atoms with Gasteiger partial charge in [-0.1, -0.05) is 0 Å². The molecule has 0 aromatic carbocycles. The summed E-state index contributed by atoms with van der Waals surface area (Å²) in [6, 6.07) is 2.51. The SMILES string of the molecule is CC(C)NC(C#N)CCOCC1CCOCC1. The monoisotopic (exact) mass is 240 g/mol. The summed E-state index contributed by atoms with van der Waals surface area (Å²) in [4.78, 5) is 0. The lowest BCUT2D eigenvalue weighted by atomic mass is 10.0. The van der Waals surface area contributed by atoms with E-state index in [1.165, 1.54) is 0 Å². The number of hydrogen-bond donors (Lipinski definition) is 1. The van der Waals surface area contributed by atoms with Crippen LogP contribution < -0.4 is 5.32 Å². The summed E-state index contributed by atoms with van der Waals surface area (Å²) in [6.07, 6.45) is 2.97. The molecule has 1 aliphatic heterocycles. The van der Waals surface area contributed by atoms with E-state index in [1.54, 1.807) is 0 Å². The van der Waals surface area contributed by atoms with Crippen LogP contribution in [0.15, 0.2) is 0 Å². The molecule has 1 heterocycles. The average Bonchev–Trinajstić information content (AvgIpc) is 2.34. The van der Waals surface area contributed by atoms with Crippen molar-refractivity contribution in [3.8, 4) is 6.07 Å². The van der Waals surface area contributed by atoms with Gasteiger partial charge < -0.3 is 9.47 Å². The van der Waals surface area contributed by atoms with Gasteiger partial charge in [-0.2, -0.15) is 5.26 Å². The second-order valence-corrected chi connectivity index (χ2v) is 4.92. The van der Waals surface area contributed by atoms with Gasteiger partial charge in [0, 0.05) is 32.5 Å². The van der Waals surface area contributed by atoms with Crippen LogP contribution in [0, 0.1) is 17.2 Å². The average molecular weight is 240 g/mol. The number of nitriles is 1. The van der Waals surface area contributed by atoms with Gasteiger partial charge in [-0.25, -0.2) is 0 Å². The quantitative estimate of drug-likeness (QED) is 0.688. The lowest BCUT2D eigenvalue weighted by molar-refractivity contribution is 0.0193. The number of ether oxygens (including phenoxy) is 2. The molecular weight excluding hydrogens is 216 g/mol. The fourth-order valence-corrected chi connectivity index (χ4v) is 1.95. The van der Waals surface area contributed by atoms with Crippen molar-refractivity contribution in [1.82, 2.24) is 5.32 Å². The van der Waals surface area contributed by atoms with Crippen molar-refractivity contribution in [3.05, 3.63) is 0 Å². The molecule has 1 unspecified atom stereocenters. The van der Waals surface area contributed by atoms with Crippen LogP contribution in [-0.4, -0.2) is 38.5 Å². The number of rotatable bonds is 7. The third kappa shape index (κ3) is 6.62. The van der Waals surface area contributed by atoms with Gasteiger partial charge in [0.2, 0.25) is 0 Å². The van der Waals surface area contributed by atoms with Gasteiger partial charge in [-0.05, 0) is 39.0 Å². The lowest BCUT2D eigenvalue weighted by Gasteiger charge is -2.22. The molecule has 0 amide bonds. The van der Waals surface area contributed by atoms with Gasteiger partial charge in [-0.15, -0.1) is 0 Å². The van der Waals surface area contributed by atoms with E-state index in [-0.39, 0.29) is 6.04 Å². The van der Waals surface area contributed by atoms with Crippen LogP contribution in [0.5, 0.6) is 0 Å². The van der Waals surface area contributed by atoms with E-state index >= 15 is 0 Å². The van der Waals surface area contributed by atoms with E-state index in [0.717, 1.165) is 39.1 Å². The Hall–Kier alpha value is -0.630. The molecule has 0 aromatic rings. The Morgan fingerprint density at radius 1 is 1.41 bits per heavy atom. The molecule has 0 spiro atoms. The normalized spacial score (nSPS) is 19.2. The maximum atomic E-state index is 8.94. The van der Waals surface area contributed by atoms with Crippen LogP contribution in [0.1, 0.15) is 33.1 Å². The fraction of sp³-hybridized carbons (Fsp3) is 0.923. The minimum atomic E-state index is -0.0929. The third-order valence-electron chi connectivity index (χ3n) is 2.94. The summed E-state index contributed by atoms with van der Waals surface area (Å²) in [7, 11) is 0. The maximum Gasteiger partial charge on any atom is 0.0976 e. The Bertz CT molecular complexity index is 232. The third-order valence-corrected chi connectivity index (χ3v) is 2.94. The lowest BCUT2D eigenvalue weighted by Crippen LogP contribution is -2.34. The van der Waals surface area contributed by atoms with E-state index in [4.69, 9.17) is 14.7 Å². The van der Waals surface area contributed by atoms with Crippen molar-refractivity contribution in [2.24, 2.45) is 5.92 Å². The molecule has 1 aliphatic rings. The number of nitrogens with zero attached hydrogens (tertiary/aromatic N) is 1. The highest BCUT2D eigenvalue weighted by atomic mass is 16.5. The molecule has 0 saturated carbocycles. The molecule has 1 rings (SSSR count). The van der Waals surface area contributed by atoms with E-state index < -0.39 is 0 Å². The highest BCUT2D eigenvalue weighted by molar-refractivity contribution is 4.90. The Morgan fingerprint density at radius 2 is 2.12 bits per heavy atom. The maximum absolute atomic E-state index is 8.94.